The number of carbonyl (C=O) groups is 3. The largest absolute Gasteiger partial charge is 0.340 e. The lowest BCUT2D eigenvalue weighted by Crippen LogP contribution is -2.43. The maximum absolute atomic E-state index is 12.3. The van der Waals surface area contributed by atoms with E-state index in [1.807, 2.05) is 26.2 Å². The quantitative estimate of drug-likeness (QED) is 0.771. The molecule has 3 N–H and O–H groups in total. The van der Waals surface area contributed by atoms with Crippen LogP contribution >= 0.6 is 11.3 Å². The zero-order valence-electron chi connectivity index (χ0n) is 14.8. The summed E-state index contributed by atoms with van der Waals surface area (Å²) in [5.41, 5.74) is 1.58. The number of benzene rings is 1. The van der Waals surface area contributed by atoms with E-state index in [0.29, 0.717) is 16.4 Å². The Kier molecular flexibility index (Phi) is 4.78. The molecule has 2 aromatic rings. The van der Waals surface area contributed by atoms with Crippen LogP contribution in [0.2, 0.25) is 0 Å². The summed E-state index contributed by atoms with van der Waals surface area (Å²) in [5.74, 6) is -1.19. The van der Waals surface area contributed by atoms with Gasteiger partial charge in [0.05, 0.1) is 23.4 Å². The fourth-order valence-corrected chi connectivity index (χ4v) is 3.44. The number of aromatic nitrogens is 1. The van der Waals surface area contributed by atoms with E-state index < -0.39 is 11.9 Å². The van der Waals surface area contributed by atoms with E-state index >= 15 is 0 Å². The van der Waals surface area contributed by atoms with Crippen LogP contribution in [0.25, 0.3) is 0 Å². The number of fused-ring (bicyclic) bond motifs is 1. The fraction of sp³-hybridized carbons (Fsp3) is 0.333. The standard InChI is InChI=1S/C18H20N4O3S/c1-18(2,3)13-9-26-17(21-13)22-14(23)8-12-16(25)19-11-7-5-4-6-10(11)15(24)20-12/h4-7,9,12H,8H2,1-3H3,(H,19,25)(H,20,24)(H,21,22,23). The highest BCUT2D eigenvalue weighted by molar-refractivity contribution is 7.13. The molecule has 0 fully saturated rings. The normalized spacial score (nSPS) is 17.0. The molecule has 136 valence electrons. The van der Waals surface area contributed by atoms with E-state index in [9.17, 15) is 14.4 Å². The maximum atomic E-state index is 12.3. The first-order chi connectivity index (χ1) is 12.2. The van der Waals surface area contributed by atoms with E-state index in [-0.39, 0.29) is 23.7 Å². The predicted octanol–water partition coefficient (Wildman–Crippen LogP) is 2.52. The predicted molar refractivity (Wildman–Crippen MR) is 100 cm³/mol. The number of carbonyl (C=O) groups excluding carboxylic acids is 3. The topological polar surface area (TPSA) is 100 Å². The lowest BCUT2D eigenvalue weighted by Gasteiger charge is -2.15. The number of anilines is 2. The van der Waals surface area contributed by atoms with E-state index in [0.717, 1.165) is 5.69 Å². The first kappa shape index (κ1) is 18.1. The van der Waals surface area contributed by atoms with Crippen LogP contribution in [0.3, 0.4) is 0 Å². The van der Waals surface area contributed by atoms with Crippen molar-refractivity contribution < 1.29 is 14.4 Å². The molecular weight excluding hydrogens is 352 g/mol. The molecule has 1 aliphatic heterocycles. The number of rotatable bonds is 3. The molecule has 0 radical (unpaired) electrons. The summed E-state index contributed by atoms with van der Waals surface area (Å²) in [7, 11) is 0. The van der Waals surface area contributed by atoms with Crippen molar-refractivity contribution in [3.05, 3.63) is 40.9 Å². The van der Waals surface area contributed by atoms with Crippen molar-refractivity contribution in [2.75, 3.05) is 10.6 Å². The van der Waals surface area contributed by atoms with Crippen LogP contribution in [-0.2, 0) is 15.0 Å². The molecule has 1 atom stereocenters. The highest BCUT2D eigenvalue weighted by Crippen LogP contribution is 2.26. The number of hydrogen-bond acceptors (Lipinski definition) is 5. The van der Waals surface area contributed by atoms with Gasteiger partial charge in [0, 0.05) is 10.8 Å². The summed E-state index contributed by atoms with van der Waals surface area (Å²) in [4.78, 5) is 41.3. The van der Waals surface area contributed by atoms with Gasteiger partial charge < -0.3 is 16.0 Å². The first-order valence-corrected chi connectivity index (χ1v) is 9.08. The van der Waals surface area contributed by atoms with Crippen molar-refractivity contribution in [1.82, 2.24) is 10.3 Å². The number of thiazole rings is 1. The molecule has 0 bridgehead atoms. The zero-order chi connectivity index (χ0) is 18.9. The van der Waals surface area contributed by atoms with Gasteiger partial charge in [0.1, 0.15) is 6.04 Å². The molecule has 0 saturated carbocycles. The monoisotopic (exact) mass is 372 g/mol. The molecule has 8 heteroatoms. The Bertz CT molecular complexity index is 869. The number of hydrogen-bond donors (Lipinski definition) is 3. The molecule has 1 aliphatic rings. The molecule has 1 aromatic heterocycles. The fourth-order valence-electron chi connectivity index (χ4n) is 2.49. The molecule has 0 spiro atoms. The molecular formula is C18H20N4O3S. The van der Waals surface area contributed by atoms with Crippen LogP contribution in [0.1, 0.15) is 43.2 Å². The van der Waals surface area contributed by atoms with E-state index in [1.165, 1.54) is 11.3 Å². The van der Waals surface area contributed by atoms with Crippen LogP contribution in [0, 0.1) is 0 Å². The number of nitrogens with one attached hydrogen (secondary N) is 3. The minimum absolute atomic E-state index is 0.111. The molecule has 1 aromatic carbocycles. The van der Waals surface area contributed by atoms with Gasteiger partial charge in [0.25, 0.3) is 5.91 Å². The van der Waals surface area contributed by atoms with Gasteiger partial charge >= 0.3 is 0 Å². The van der Waals surface area contributed by atoms with Gasteiger partial charge in [-0.1, -0.05) is 32.9 Å². The van der Waals surface area contributed by atoms with E-state index in [4.69, 9.17) is 0 Å². The zero-order valence-corrected chi connectivity index (χ0v) is 15.6. The summed E-state index contributed by atoms with van der Waals surface area (Å²) in [6, 6.07) is 5.77. The molecule has 7 nitrogen and oxygen atoms in total. The molecule has 2 heterocycles. The molecule has 3 rings (SSSR count). The minimum atomic E-state index is -0.947. The second-order valence-corrected chi connectivity index (χ2v) is 7.96. The summed E-state index contributed by atoms with van der Waals surface area (Å²) in [5, 5.41) is 10.3. The lowest BCUT2D eigenvalue weighted by atomic mass is 9.93. The van der Waals surface area contributed by atoms with Gasteiger partial charge in [-0.05, 0) is 12.1 Å². The van der Waals surface area contributed by atoms with Crippen LogP contribution in [-0.4, -0.2) is 28.7 Å². The Balaban J connectivity index is 1.67. The maximum Gasteiger partial charge on any atom is 0.254 e. The van der Waals surface area contributed by atoms with Crippen molar-refractivity contribution in [3.8, 4) is 0 Å². The Morgan fingerprint density at radius 1 is 1.27 bits per heavy atom. The van der Waals surface area contributed by atoms with Gasteiger partial charge in [-0.2, -0.15) is 0 Å². The van der Waals surface area contributed by atoms with Crippen LogP contribution in [0.5, 0.6) is 0 Å². The van der Waals surface area contributed by atoms with Crippen LogP contribution in [0.15, 0.2) is 29.6 Å². The first-order valence-electron chi connectivity index (χ1n) is 8.20. The Morgan fingerprint density at radius 3 is 2.69 bits per heavy atom. The van der Waals surface area contributed by atoms with E-state index in [2.05, 4.69) is 20.9 Å². The van der Waals surface area contributed by atoms with Crippen molar-refractivity contribution in [2.24, 2.45) is 0 Å². The highest BCUT2D eigenvalue weighted by atomic mass is 32.1. The van der Waals surface area contributed by atoms with Gasteiger partial charge in [-0.3, -0.25) is 14.4 Å². The van der Waals surface area contributed by atoms with Crippen LogP contribution < -0.4 is 16.0 Å². The van der Waals surface area contributed by atoms with Crippen molar-refractivity contribution >= 4 is 39.9 Å². The smallest absolute Gasteiger partial charge is 0.254 e. The average molecular weight is 372 g/mol. The third-order valence-electron chi connectivity index (χ3n) is 3.96. The number of amides is 3. The molecule has 0 saturated heterocycles. The molecule has 26 heavy (non-hydrogen) atoms. The van der Waals surface area contributed by atoms with Crippen molar-refractivity contribution in [1.29, 1.82) is 0 Å². The van der Waals surface area contributed by atoms with Gasteiger partial charge in [0.2, 0.25) is 11.8 Å². The van der Waals surface area contributed by atoms with Gasteiger partial charge in [-0.15, -0.1) is 11.3 Å². The van der Waals surface area contributed by atoms with Crippen molar-refractivity contribution in [2.45, 2.75) is 38.6 Å². The Hall–Kier alpha value is -2.74. The molecule has 1 unspecified atom stereocenters. The SMILES string of the molecule is CC(C)(C)c1csc(NC(=O)CC2NC(=O)c3ccccc3NC2=O)n1. The lowest BCUT2D eigenvalue weighted by molar-refractivity contribution is -0.122. The average Bonchev–Trinajstić information content (AvgIpc) is 2.99. The Morgan fingerprint density at radius 2 is 2.00 bits per heavy atom. The highest BCUT2D eigenvalue weighted by Gasteiger charge is 2.29. The third kappa shape index (κ3) is 3.91. The van der Waals surface area contributed by atoms with Gasteiger partial charge in [-0.25, -0.2) is 4.98 Å². The summed E-state index contributed by atoms with van der Waals surface area (Å²) in [6.07, 6.45) is -0.171. The minimum Gasteiger partial charge on any atom is -0.340 e. The second kappa shape index (κ2) is 6.87. The summed E-state index contributed by atoms with van der Waals surface area (Å²) < 4.78 is 0. The number of nitrogens with zero attached hydrogens (tertiary/aromatic N) is 1. The Labute approximate surface area is 155 Å². The van der Waals surface area contributed by atoms with Crippen molar-refractivity contribution in [3.63, 3.8) is 0 Å². The summed E-state index contributed by atoms with van der Waals surface area (Å²) in [6.45, 7) is 6.12. The number of para-hydroxylation sites is 1. The van der Waals surface area contributed by atoms with E-state index in [1.54, 1.807) is 24.3 Å². The second-order valence-electron chi connectivity index (χ2n) is 7.10. The molecule has 0 aliphatic carbocycles. The van der Waals surface area contributed by atoms with Crippen LogP contribution in [0.4, 0.5) is 10.8 Å². The third-order valence-corrected chi connectivity index (χ3v) is 4.72. The summed E-state index contributed by atoms with van der Waals surface area (Å²) >= 11 is 1.33. The van der Waals surface area contributed by atoms with Gasteiger partial charge in [0.15, 0.2) is 5.13 Å². The molecule has 3 amide bonds.